The van der Waals surface area contributed by atoms with Crippen molar-refractivity contribution >= 4 is 6.03 Å². The van der Waals surface area contributed by atoms with E-state index in [1.54, 1.807) is 11.9 Å². The van der Waals surface area contributed by atoms with Crippen LogP contribution in [0.15, 0.2) is 0 Å². The van der Waals surface area contributed by atoms with E-state index in [9.17, 15) is 4.79 Å². The molecular formula is C23H42N2O5. The highest BCUT2D eigenvalue weighted by molar-refractivity contribution is 5.77. The maximum atomic E-state index is 11.9. The third kappa shape index (κ3) is 6.31. The molecular weight excluding hydrogens is 384 g/mol. The summed E-state index contributed by atoms with van der Waals surface area (Å²) in [6.45, 7) is 7.46. The molecule has 3 aliphatic rings. The zero-order valence-electron chi connectivity index (χ0n) is 19.4. The zero-order chi connectivity index (χ0) is 21.6. The molecule has 3 aliphatic heterocycles. The van der Waals surface area contributed by atoms with Crippen LogP contribution in [0.1, 0.15) is 85.0 Å². The van der Waals surface area contributed by atoms with Gasteiger partial charge in [0.15, 0.2) is 12.1 Å². The van der Waals surface area contributed by atoms with Crippen LogP contribution in [0.5, 0.6) is 0 Å². The van der Waals surface area contributed by atoms with E-state index in [-0.39, 0.29) is 30.4 Å². The van der Waals surface area contributed by atoms with Gasteiger partial charge in [-0.05, 0) is 20.3 Å². The van der Waals surface area contributed by atoms with Crippen LogP contribution >= 0.6 is 0 Å². The van der Waals surface area contributed by atoms with E-state index >= 15 is 0 Å². The van der Waals surface area contributed by atoms with Crippen LogP contribution in [0.3, 0.4) is 0 Å². The Hall–Kier alpha value is -0.890. The quantitative estimate of drug-likeness (QED) is 0.353. The molecule has 0 bridgehead atoms. The van der Waals surface area contributed by atoms with Crippen LogP contribution in [-0.4, -0.2) is 67.6 Å². The van der Waals surface area contributed by atoms with Crippen LogP contribution in [0.4, 0.5) is 4.79 Å². The number of amides is 2. The Kier molecular flexibility index (Phi) is 8.81. The summed E-state index contributed by atoms with van der Waals surface area (Å²) in [5.41, 5.74) is 0. The van der Waals surface area contributed by atoms with E-state index in [2.05, 4.69) is 12.2 Å². The summed E-state index contributed by atoms with van der Waals surface area (Å²) >= 11 is 0. The average Bonchev–Trinajstić information content (AvgIpc) is 3.36. The lowest BCUT2D eigenvalue weighted by atomic mass is 10.1. The molecule has 0 aromatic heterocycles. The molecule has 7 nitrogen and oxygen atoms in total. The lowest BCUT2D eigenvalue weighted by Gasteiger charge is -2.24. The van der Waals surface area contributed by atoms with Crippen molar-refractivity contribution < 1.29 is 23.7 Å². The van der Waals surface area contributed by atoms with Crippen molar-refractivity contribution in [2.45, 2.75) is 121 Å². The van der Waals surface area contributed by atoms with Gasteiger partial charge < -0.3 is 29.2 Å². The van der Waals surface area contributed by atoms with Crippen molar-refractivity contribution in [1.29, 1.82) is 0 Å². The van der Waals surface area contributed by atoms with Crippen LogP contribution < -0.4 is 5.32 Å². The van der Waals surface area contributed by atoms with Crippen LogP contribution in [0.25, 0.3) is 0 Å². The summed E-state index contributed by atoms with van der Waals surface area (Å²) in [5, 5.41) is 2.67. The summed E-state index contributed by atoms with van der Waals surface area (Å²) in [6.07, 6.45) is 11.9. The van der Waals surface area contributed by atoms with Gasteiger partial charge in [0.05, 0.1) is 6.04 Å². The molecule has 174 valence electrons. The lowest BCUT2D eigenvalue weighted by Crippen LogP contribution is -2.37. The smallest absolute Gasteiger partial charge is 0.317 e. The minimum Gasteiger partial charge on any atom is -0.350 e. The minimum atomic E-state index is -0.650. The monoisotopic (exact) mass is 426 g/mol. The Morgan fingerprint density at radius 1 is 0.967 bits per heavy atom. The molecule has 3 fully saturated rings. The van der Waals surface area contributed by atoms with Crippen molar-refractivity contribution in [1.82, 2.24) is 10.2 Å². The third-order valence-corrected chi connectivity index (χ3v) is 6.33. The van der Waals surface area contributed by atoms with Crippen molar-refractivity contribution in [2.75, 3.05) is 20.2 Å². The number of unbranched alkanes of at least 4 members (excludes halogenated alkanes) is 9. The SMILES string of the molecule is CCCCCCCCCCCCO[C@H]1O[C@H]([C@@H]2CN2C(=O)NC)[C@@H]2OC(C)(C)O[C@H]12. The number of rotatable bonds is 13. The minimum absolute atomic E-state index is 0.0286. The summed E-state index contributed by atoms with van der Waals surface area (Å²) in [6, 6.07) is -0.0473. The number of fused-ring (bicyclic) bond motifs is 1. The Morgan fingerprint density at radius 3 is 2.20 bits per heavy atom. The van der Waals surface area contributed by atoms with Crippen molar-refractivity contribution in [3.05, 3.63) is 0 Å². The van der Waals surface area contributed by atoms with Crippen molar-refractivity contribution in [3.63, 3.8) is 0 Å². The van der Waals surface area contributed by atoms with E-state index in [1.165, 1.54) is 57.8 Å². The van der Waals surface area contributed by atoms with Crippen molar-refractivity contribution in [2.24, 2.45) is 0 Å². The molecule has 0 aromatic rings. The van der Waals surface area contributed by atoms with Crippen molar-refractivity contribution in [3.8, 4) is 0 Å². The molecule has 1 N–H and O–H groups in total. The number of ether oxygens (including phenoxy) is 4. The standard InChI is InChI=1S/C23H42N2O5/c1-5-6-7-8-9-10-11-12-13-14-15-27-21-20-19(29-23(2,3)30-20)18(28-21)17-16-25(17)22(26)24-4/h17-21H,5-16H2,1-4H3,(H,24,26)/t17-,18+,19-,20-,21-,25?/m0/s1. The van der Waals surface area contributed by atoms with E-state index in [0.29, 0.717) is 13.2 Å². The third-order valence-electron chi connectivity index (χ3n) is 6.33. The molecule has 5 atom stereocenters. The second kappa shape index (κ2) is 11.1. The fourth-order valence-corrected chi connectivity index (χ4v) is 4.64. The maximum Gasteiger partial charge on any atom is 0.317 e. The second-order valence-corrected chi connectivity index (χ2v) is 9.36. The van der Waals surface area contributed by atoms with Gasteiger partial charge >= 0.3 is 6.03 Å². The van der Waals surface area contributed by atoms with Gasteiger partial charge in [-0.15, -0.1) is 0 Å². The largest absolute Gasteiger partial charge is 0.350 e. The Labute approximate surface area is 182 Å². The Balaban J connectivity index is 1.33. The molecule has 0 unspecified atom stereocenters. The zero-order valence-corrected chi connectivity index (χ0v) is 19.4. The summed E-state index contributed by atoms with van der Waals surface area (Å²) in [4.78, 5) is 13.6. The molecule has 3 heterocycles. The van der Waals surface area contributed by atoms with Crippen LogP contribution in [0, 0.1) is 0 Å². The predicted octanol–water partition coefficient (Wildman–Crippen LogP) is 4.19. The number of nitrogens with one attached hydrogen (secondary N) is 1. The molecule has 0 radical (unpaired) electrons. The summed E-state index contributed by atoms with van der Waals surface area (Å²) in [7, 11) is 1.65. The number of hydrogen-bond acceptors (Lipinski definition) is 5. The molecule has 0 aromatic carbocycles. The van der Waals surface area contributed by atoms with Gasteiger partial charge in [0, 0.05) is 20.2 Å². The Morgan fingerprint density at radius 2 is 1.57 bits per heavy atom. The molecule has 0 aliphatic carbocycles. The highest BCUT2D eigenvalue weighted by Gasteiger charge is 2.61. The van der Waals surface area contributed by atoms with Gasteiger partial charge in [-0.3, -0.25) is 0 Å². The first-order valence-corrected chi connectivity index (χ1v) is 12.1. The van der Waals surface area contributed by atoms with Crippen LogP contribution in [0.2, 0.25) is 0 Å². The van der Waals surface area contributed by atoms with Crippen LogP contribution in [-0.2, 0) is 18.9 Å². The van der Waals surface area contributed by atoms with Gasteiger partial charge in [0.25, 0.3) is 0 Å². The number of urea groups is 1. The molecule has 30 heavy (non-hydrogen) atoms. The molecule has 3 rings (SSSR count). The van der Waals surface area contributed by atoms with E-state index in [1.807, 2.05) is 13.8 Å². The van der Waals surface area contributed by atoms with Gasteiger partial charge in [-0.2, -0.15) is 0 Å². The average molecular weight is 427 g/mol. The topological polar surface area (TPSA) is 69.0 Å². The lowest BCUT2D eigenvalue weighted by molar-refractivity contribution is -0.234. The predicted molar refractivity (Wildman–Crippen MR) is 115 cm³/mol. The fraction of sp³-hybridized carbons (Fsp3) is 0.957. The first-order chi connectivity index (χ1) is 14.5. The normalized spacial score (nSPS) is 31.7. The van der Waals surface area contributed by atoms with E-state index in [4.69, 9.17) is 18.9 Å². The number of carbonyl (C=O) groups is 1. The van der Waals surface area contributed by atoms with Gasteiger partial charge in [-0.1, -0.05) is 64.7 Å². The van der Waals surface area contributed by atoms with E-state index < -0.39 is 12.1 Å². The van der Waals surface area contributed by atoms with Gasteiger partial charge in [-0.25, -0.2) is 4.79 Å². The molecule has 7 heteroatoms. The molecule has 2 amide bonds. The Bertz CT molecular complexity index is 544. The highest BCUT2D eigenvalue weighted by Crippen LogP contribution is 2.43. The number of hydrogen-bond donors (Lipinski definition) is 1. The highest BCUT2D eigenvalue weighted by atomic mass is 16.8. The molecule has 0 spiro atoms. The van der Waals surface area contributed by atoms with Gasteiger partial charge in [0.1, 0.15) is 18.3 Å². The first kappa shape index (κ1) is 23.8. The molecule has 0 saturated carbocycles. The summed E-state index contributed by atoms with van der Waals surface area (Å²) < 4.78 is 24.4. The number of carbonyl (C=O) groups excluding carboxylic acids is 1. The first-order valence-electron chi connectivity index (χ1n) is 12.1. The molecule has 3 saturated heterocycles. The number of nitrogens with zero attached hydrogens (tertiary/aromatic N) is 1. The van der Waals surface area contributed by atoms with Gasteiger partial charge in [0.2, 0.25) is 0 Å². The maximum absolute atomic E-state index is 11.9. The summed E-state index contributed by atoms with van der Waals surface area (Å²) in [5.74, 6) is -0.650. The fourth-order valence-electron chi connectivity index (χ4n) is 4.64. The second-order valence-electron chi connectivity index (χ2n) is 9.36. The van der Waals surface area contributed by atoms with E-state index in [0.717, 1.165) is 6.42 Å².